The molecule has 2 N–H and O–H groups in total. The number of hydrogen-bond donors (Lipinski definition) is 2. The average molecular weight is 383 g/mol. The van der Waals surface area contributed by atoms with Gasteiger partial charge < -0.3 is 10.6 Å². The van der Waals surface area contributed by atoms with Crippen LogP contribution < -0.4 is 10.6 Å². The van der Waals surface area contributed by atoms with Crippen molar-refractivity contribution in [1.29, 1.82) is 0 Å². The number of aryl methyl sites for hydroxylation is 1. The van der Waals surface area contributed by atoms with E-state index in [0.29, 0.717) is 18.3 Å². The van der Waals surface area contributed by atoms with Gasteiger partial charge >= 0.3 is 0 Å². The molecule has 3 rings (SSSR count). The van der Waals surface area contributed by atoms with E-state index in [0.717, 1.165) is 24.9 Å². The zero-order valence-corrected chi connectivity index (χ0v) is 15.7. The lowest BCUT2D eigenvalue weighted by atomic mass is 9.99. The maximum Gasteiger partial charge on any atom is 0.245 e. The van der Waals surface area contributed by atoms with Crippen molar-refractivity contribution < 1.29 is 9.18 Å². The van der Waals surface area contributed by atoms with Crippen LogP contribution in [0.2, 0.25) is 0 Å². The van der Waals surface area contributed by atoms with Crippen molar-refractivity contribution in [3.05, 3.63) is 41.5 Å². The van der Waals surface area contributed by atoms with Gasteiger partial charge in [-0.05, 0) is 61.4 Å². The van der Waals surface area contributed by atoms with Crippen molar-refractivity contribution >= 4 is 18.3 Å². The van der Waals surface area contributed by atoms with Gasteiger partial charge in [-0.3, -0.25) is 4.79 Å². The van der Waals surface area contributed by atoms with Gasteiger partial charge in [0, 0.05) is 18.5 Å². The number of carbonyl (C=O) groups is 1. The Bertz CT molecular complexity index is 722. The number of rotatable bonds is 5. The molecule has 3 atom stereocenters. The summed E-state index contributed by atoms with van der Waals surface area (Å²) in [7, 11) is 0. The number of nitrogens with zero attached hydrogens (tertiary/aromatic N) is 4. The summed E-state index contributed by atoms with van der Waals surface area (Å²) in [5.74, 6) is 0.159. The summed E-state index contributed by atoms with van der Waals surface area (Å²) < 4.78 is 14.7. The Balaban J connectivity index is 0.00000243. The minimum atomic E-state index is -0.564. The van der Waals surface area contributed by atoms with Gasteiger partial charge in [-0.25, -0.2) is 9.07 Å². The van der Waals surface area contributed by atoms with E-state index in [1.807, 2.05) is 0 Å². The monoisotopic (exact) mass is 382 g/mol. The van der Waals surface area contributed by atoms with E-state index >= 15 is 0 Å². The van der Waals surface area contributed by atoms with E-state index in [1.165, 1.54) is 16.8 Å². The summed E-state index contributed by atoms with van der Waals surface area (Å²) in [6.07, 6.45) is 2.19. The maximum absolute atomic E-state index is 13.1. The van der Waals surface area contributed by atoms with E-state index in [2.05, 4.69) is 33.1 Å². The highest BCUT2D eigenvalue weighted by atomic mass is 35.5. The van der Waals surface area contributed by atoms with Crippen LogP contribution in [0.25, 0.3) is 0 Å². The van der Waals surface area contributed by atoms with Gasteiger partial charge in [-0.15, -0.1) is 17.5 Å². The number of halogens is 2. The minimum Gasteiger partial charge on any atom is -0.351 e. The lowest BCUT2D eigenvalue weighted by Gasteiger charge is -2.30. The van der Waals surface area contributed by atoms with Gasteiger partial charge in [0.25, 0.3) is 0 Å². The molecular weight excluding hydrogens is 359 g/mol. The third-order valence-electron chi connectivity index (χ3n) is 4.57. The fourth-order valence-corrected chi connectivity index (χ4v) is 3.22. The predicted molar refractivity (Wildman–Crippen MR) is 97.6 cm³/mol. The molecule has 3 unspecified atom stereocenters. The topological polar surface area (TPSA) is 84.7 Å². The molecule has 2 heterocycles. The van der Waals surface area contributed by atoms with Gasteiger partial charge in [0.05, 0.1) is 0 Å². The van der Waals surface area contributed by atoms with Gasteiger partial charge in [-0.2, -0.15) is 0 Å². The maximum atomic E-state index is 13.1. The van der Waals surface area contributed by atoms with Gasteiger partial charge in [-0.1, -0.05) is 12.1 Å². The number of benzene rings is 1. The number of nitrogens with one attached hydrogen (secondary N) is 2. The van der Waals surface area contributed by atoms with Crippen molar-refractivity contribution in [3.8, 4) is 0 Å². The van der Waals surface area contributed by atoms with Crippen LogP contribution in [0, 0.1) is 12.7 Å². The Kier molecular flexibility index (Phi) is 7.05. The van der Waals surface area contributed by atoms with E-state index < -0.39 is 6.04 Å². The highest BCUT2D eigenvalue weighted by Crippen LogP contribution is 2.17. The smallest absolute Gasteiger partial charge is 0.245 e. The van der Waals surface area contributed by atoms with Gasteiger partial charge in [0.2, 0.25) is 5.91 Å². The fraction of sp³-hybridized carbons (Fsp3) is 0.529. The molecule has 7 nitrogen and oxygen atoms in total. The number of piperidine rings is 1. The van der Waals surface area contributed by atoms with Crippen LogP contribution in [0.4, 0.5) is 4.39 Å². The molecule has 0 aliphatic carbocycles. The number of aromatic nitrogens is 4. The molecule has 0 saturated carbocycles. The van der Waals surface area contributed by atoms with E-state index in [-0.39, 0.29) is 30.2 Å². The summed E-state index contributed by atoms with van der Waals surface area (Å²) in [4.78, 5) is 12.9. The summed E-state index contributed by atoms with van der Waals surface area (Å²) in [6, 6.07) is 6.10. The molecule has 0 radical (unpaired) electrons. The Morgan fingerprint density at radius 2 is 2.15 bits per heavy atom. The zero-order valence-electron chi connectivity index (χ0n) is 14.9. The molecule has 26 heavy (non-hydrogen) atoms. The van der Waals surface area contributed by atoms with E-state index in [1.54, 1.807) is 19.1 Å². The van der Waals surface area contributed by atoms with Crippen LogP contribution in [0.1, 0.15) is 37.2 Å². The lowest BCUT2D eigenvalue weighted by molar-refractivity contribution is -0.125. The second-order valence-electron chi connectivity index (χ2n) is 6.60. The predicted octanol–water partition coefficient (Wildman–Crippen LogP) is 1.58. The normalized spacial score (nSPS) is 20.9. The average Bonchev–Trinajstić information content (AvgIpc) is 3.00. The largest absolute Gasteiger partial charge is 0.351 e. The second kappa shape index (κ2) is 9.05. The first-order valence-corrected chi connectivity index (χ1v) is 8.55. The van der Waals surface area contributed by atoms with Crippen molar-refractivity contribution in [2.45, 2.75) is 51.2 Å². The molecule has 0 spiro atoms. The first kappa shape index (κ1) is 20.3. The van der Waals surface area contributed by atoms with Gasteiger partial charge in [0.1, 0.15) is 17.7 Å². The molecule has 1 aliphatic heterocycles. The first-order valence-electron chi connectivity index (χ1n) is 8.55. The minimum absolute atomic E-state index is 0. The number of tetrazole rings is 1. The molecule has 2 aromatic rings. The fourth-order valence-electron chi connectivity index (χ4n) is 3.22. The van der Waals surface area contributed by atoms with E-state index in [4.69, 9.17) is 0 Å². The molecule has 1 amide bonds. The van der Waals surface area contributed by atoms with Crippen LogP contribution in [-0.2, 0) is 11.2 Å². The third-order valence-corrected chi connectivity index (χ3v) is 4.57. The molecule has 0 bridgehead atoms. The molecule has 1 aromatic heterocycles. The van der Waals surface area contributed by atoms with Crippen LogP contribution in [0.15, 0.2) is 24.3 Å². The van der Waals surface area contributed by atoms with Gasteiger partial charge in [0.15, 0.2) is 0 Å². The van der Waals surface area contributed by atoms with Crippen molar-refractivity contribution in [3.63, 3.8) is 0 Å². The summed E-state index contributed by atoms with van der Waals surface area (Å²) >= 11 is 0. The van der Waals surface area contributed by atoms with Crippen molar-refractivity contribution in [1.82, 2.24) is 30.8 Å². The molecule has 1 saturated heterocycles. The standard InChI is InChI=1S/C17H23FN6O.ClH/c1-11-9-15(7-8-19-11)20-17(25)16(24-12(2)21-22-23-24)10-13-3-5-14(18)6-4-13;/h3-6,11,15-16,19H,7-10H2,1-2H3,(H,20,25);1H. The highest BCUT2D eigenvalue weighted by molar-refractivity contribution is 5.85. The molecule has 1 aromatic carbocycles. The quantitative estimate of drug-likeness (QED) is 0.820. The van der Waals surface area contributed by atoms with Crippen molar-refractivity contribution in [2.75, 3.05) is 6.54 Å². The summed E-state index contributed by atoms with van der Waals surface area (Å²) in [6.45, 7) is 4.76. The van der Waals surface area contributed by atoms with E-state index in [9.17, 15) is 9.18 Å². The Morgan fingerprint density at radius 1 is 1.42 bits per heavy atom. The molecule has 1 fully saturated rings. The summed E-state index contributed by atoms with van der Waals surface area (Å²) in [5.41, 5.74) is 0.857. The molecule has 9 heteroatoms. The summed E-state index contributed by atoms with van der Waals surface area (Å²) in [5, 5.41) is 18.0. The lowest BCUT2D eigenvalue weighted by Crippen LogP contribution is -2.48. The molecular formula is C17H24ClFN6O. The number of hydrogen-bond acceptors (Lipinski definition) is 5. The van der Waals surface area contributed by atoms with Crippen LogP contribution >= 0.6 is 12.4 Å². The van der Waals surface area contributed by atoms with Crippen LogP contribution in [0.5, 0.6) is 0 Å². The molecule has 1 aliphatic rings. The van der Waals surface area contributed by atoms with Crippen LogP contribution in [0.3, 0.4) is 0 Å². The Labute approximate surface area is 158 Å². The Morgan fingerprint density at radius 3 is 2.77 bits per heavy atom. The third kappa shape index (κ3) is 4.98. The second-order valence-corrected chi connectivity index (χ2v) is 6.60. The van der Waals surface area contributed by atoms with Crippen molar-refractivity contribution in [2.24, 2.45) is 0 Å². The molecule has 142 valence electrons. The SMILES string of the molecule is Cc1nnnn1C(Cc1ccc(F)cc1)C(=O)NC1CCNC(C)C1.Cl. The zero-order chi connectivity index (χ0) is 17.8. The first-order chi connectivity index (χ1) is 12.0. The number of amides is 1. The highest BCUT2D eigenvalue weighted by Gasteiger charge is 2.28. The van der Waals surface area contributed by atoms with Crippen LogP contribution in [-0.4, -0.2) is 44.7 Å². The number of carbonyl (C=O) groups excluding carboxylic acids is 1. The Hall–Kier alpha value is -2.06.